The number of halogens is 1. The van der Waals surface area contributed by atoms with Crippen molar-refractivity contribution >= 4 is 21.8 Å². The average molecular weight is 313 g/mol. The number of nitrogens with zero attached hydrogens (tertiary/aromatic N) is 4. The maximum atomic E-state index is 11.4. The number of aromatic nitrogens is 2. The Kier molecular flexibility index (Phi) is 3.15. The molecule has 5 nitrogen and oxygen atoms in total. The molecule has 0 N–H and O–H groups in total. The molecular weight excluding hydrogens is 296 g/mol. The first-order chi connectivity index (χ1) is 8.63. The molecule has 2 saturated heterocycles. The lowest BCUT2D eigenvalue weighted by Crippen LogP contribution is -2.52. The van der Waals surface area contributed by atoms with Crippen molar-refractivity contribution in [3.05, 3.63) is 16.9 Å². The van der Waals surface area contributed by atoms with Crippen LogP contribution in [0.15, 0.2) is 16.9 Å². The molecule has 2 aliphatic heterocycles. The van der Waals surface area contributed by atoms with Gasteiger partial charge in [-0.3, -0.25) is 14.4 Å². The zero-order valence-corrected chi connectivity index (χ0v) is 12.0. The fourth-order valence-corrected chi connectivity index (χ4v) is 3.05. The van der Waals surface area contributed by atoms with Gasteiger partial charge in [-0.15, -0.1) is 0 Å². The first-order valence-corrected chi connectivity index (χ1v) is 7.10. The maximum absolute atomic E-state index is 11.4. The molecule has 98 valence electrons. The summed E-state index contributed by atoms with van der Waals surface area (Å²) in [5.41, 5.74) is 0. The Labute approximate surface area is 115 Å². The van der Waals surface area contributed by atoms with Crippen LogP contribution in [0.4, 0.5) is 0 Å². The van der Waals surface area contributed by atoms with E-state index in [1.165, 1.54) is 0 Å². The van der Waals surface area contributed by atoms with Crippen molar-refractivity contribution in [3.8, 4) is 0 Å². The summed E-state index contributed by atoms with van der Waals surface area (Å²) in [7, 11) is 1.92. The summed E-state index contributed by atoms with van der Waals surface area (Å²) < 4.78 is 3.05. The highest BCUT2D eigenvalue weighted by atomic mass is 79.9. The van der Waals surface area contributed by atoms with Gasteiger partial charge in [0, 0.05) is 45.3 Å². The molecule has 1 atom stereocenters. The summed E-state index contributed by atoms with van der Waals surface area (Å²) in [6.07, 6.45) is 5.56. The smallest absolute Gasteiger partial charge is 0.222 e. The summed E-state index contributed by atoms with van der Waals surface area (Å²) >= 11 is 3.41. The van der Waals surface area contributed by atoms with Gasteiger partial charge in [-0.25, -0.2) is 0 Å². The highest BCUT2D eigenvalue weighted by molar-refractivity contribution is 9.10. The molecule has 0 spiro atoms. The zero-order valence-electron chi connectivity index (χ0n) is 10.4. The van der Waals surface area contributed by atoms with Gasteiger partial charge in [-0.1, -0.05) is 0 Å². The first kappa shape index (κ1) is 12.2. The second-order valence-corrected chi connectivity index (χ2v) is 6.12. The number of likely N-dealkylation sites (N-methyl/N-ethyl adjacent to an activating group) is 1. The lowest BCUT2D eigenvalue weighted by Gasteiger charge is -2.41. The minimum Gasteiger partial charge on any atom is -0.341 e. The Morgan fingerprint density at radius 2 is 2.28 bits per heavy atom. The molecule has 0 radical (unpaired) electrons. The molecule has 2 aliphatic rings. The Balaban J connectivity index is 1.49. The molecule has 1 amide bonds. The Hall–Kier alpha value is -0.880. The number of likely N-dealkylation sites (tertiary alicyclic amines) is 2. The molecule has 0 saturated carbocycles. The van der Waals surface area contributed by atoms with Crippen LogP contribution in [0.5, 0.6) is 0 Å². The van der Waals surface area contributed by atoms with Crippen LogP contribution >= 0.6 is 15.9 Å². The molecule has 1 aromatic heterocycles. The summed E-state index contributed by atoms with van der Waals surface area (Å²) in [4.78, 5) is 15.8. The Bertz CT molecular complexity index is 455. The van der Waals surface area contributed by atoms with E-state index < -0.39 is 0 Å². The van der Waals surface area contributed by atoms with E-state index in [2.05, 4.69) is 25.9 Å². The van der Waals surface area contributed by atoms with Crippen LogP contribution in [-0.4, -0.2) is 58.2 Å². The van der Waals surface area contributed by atoms with Crippen molar-refractivity contribution in [2.75, 3.05) is 26.7 Å². The van der Waals surface area contributed by atoms with Crippen molar-refractivity contribution in [2.24, 2.45) is 0 Å². The predicted molar refractivity (Wildman–Crippen MR) is 71.2 cm³/mol. The molecular formula is C12H17BrN4O. The van der Waals surface area contributed by atoms with E-state index >= 15 is 0 Å². The van der Waals surface area contributed by atoms with Crippen molar-refractivity contribution in [1.29, 1.82) is 0 Å². The van der Waals surface area contributed by atoms with E-state index in [-0.39, 0.29) is 5.91 Å². The third kappa shape index (κ3) is 2.19. The minimum absolute atomic E-state index is 0.285. The van der Waals surface area contributed by atoms with Gasteiger partial charge in [0.25, 0.3) is 0 Å². The van der Waals surface area contributed by atoms with Crippen molar-refractivity contribution in [1.82, 2.24) is 19.6 Å². The van der Waals surface area contributed by atoms with Crippen LogP contribution in [0.2, 0.25) is 0 Å². The number of amides is 1. The molecule has 3 rings (SSSR count). The van der Waals surface area contributed by atoms with Gasteiger partial charge < -0.3 is 4.90 Å². The molecule has 2 fully saturated rings. The topological polar surface area (TPSA) is 41.4 Å². The third-order valence-electron chi connectivity index (χ3n) is 3.98. The summed E-state index contributed by atoms with van der Waals surface area (Å²) in [5, 5.41) is 4.31. The van der Waals surface area contributed by atoms with Gasteiger partial charge in [0.05, 0.1) is 16.7 Å². The average Bonchev–Trinajstić information content (AvgIpc) is 2.83. The van der Waals surface area contributed by atoms with Gasteiger partial charge in [0.15, 0.2) is 0 Å². The standard InChI is InChI=1S/C12H17BrN4O/c1-15-10(2-3-12(15)18)6-16-7-11(8-16)17-5-9(13)4-14-17/h4-5,10-11H,2-3,6-8H2,1H3. The summed E-state index contributed by atoms with van der Waals surface area (Å²) in [5.74, 6) is 0.285. The first-order valence-electron chi connectivity index (χ1n) is 6.31. The quantitative estimate of drug-likeness (QED) is 0.840. The zero-order chi connectivity index (χ0) is 12.7. The van der Waals surface area contributed by atoms with Crippen molar-refractivity contribution in [2.45, 2.75) is 24.9 Å². The van der Waals surface area contributed by atoms with E-state index in [0.717, 1.165) is 30.5 Å². The van der Waals surface area contributed by atoms with E-state index in [4.69, 9.17) is 0 Å². The highest BCUT2D eigenvalue weighted by Crippen LogP contribution is 2.25. The van der Waals surface area contributed by atoms with Gasteiger partial charge in [-0.2, -0.15) is 5.10 Å². The number of rotatable bonds is 3. The minimum atomic E-state index is 0.285. The molecule has 3 heterocycles. The molecule has 1 aromatic rings. The SMILES string of the molecule is CN1C(=O)CCC1CN1CC(n2cc(Br)cn2)C1. The highest BCUT2D eigenvalue weighted by Gasteiger charge is 2.34. The molecule has 6 heteroatoms. The lowest BCUT2D eigenvalue weighted by atomic mass is 10.1. The van der Waals surface area contributed by atoms with Crippen LogP contribution < -0.4 is 0 Å². The van der Waals surface area contributed by atoms with Crippen LogP contribution in [0, 0.1) is 0 Å². The Morgan fingerprint density at radius 1 is 1.50 bits per heavy atom. The summed E-state index contributed by atoms with van der Waals surface area (Å²) in [6.45, 7) is 3.07. The van der Waals surface area contributed by atoms with E-state index in [1.54, 1.807) is 0 Å². The summed E-state index contributed by atoms with van der Waals surface area (Å²) in [6, 6.07) is 0.890. The van der Waals surface area contributed by atoms with Crippen molar-refractivity contribution < 1.29 is 4.79 Å². The molecule has 1 unspecified atom stereocenters. The van der Waals surface area contributed by atoms with Crippen LogP contribution in [0.1, 0.15) is 18.9 Å². The number of hydrogen-bond donors (Lipinski definition) is 0. The van der Waals surface area contributed by atoms with Crippen LogP contribution in [-0.2, 0) is 4.79 Å². The second-order valence-electron chi connectivity index (χ2n) is 5.21. The maximum Gasteiger partial charge on any atom is 0.222 e. The van der Waals surface area contributed by atoms with E-state index in [1.807, 2.05) is 29.0 Å². The second kappa shape index (κ2) is 4.66. The number of carbonyl (C=O) groups is 1. The largest absolute Gasteiger partial charge is 0.341 e. The number of carbonyl (C=O) groups excluding carboxylic acids is 1. The Morgan fingerprint density at radius 3 is 2.83 bits per heavy atom. The third-order valence-corrected chi connectivity index (χ3v) is 4.39. The molecule has 18 heavy (non-hydrogen) atoms. The van der Waals surface area contributed by atoms with Crippen LogP contribution in [0.25, 0.3) is 0 Å². The molecule has 0 aromatic carbocycles. The fourth-order valence-electron chi connectivity index (χ4n) is 2.75. The fraction of sp³-hybridized carbons (Fsp3) is 0.667. The lowest BCUT2D eigenvalue weighted by molar-refractivity contribution is -0.128. The van der Waals surface area contributed by atoms with E-state index in [9.17, 15) is 4.79 Å². The normalized spacial score (nSPS) is 25.8. The molecule has 0 aliphatic carbocycles. The monoisotopic (exact) mass is 312 g/mol. The molecule has 0 bridgehead atoms. The van der Waals surface area contributed by atoms with Gasteiger partial charge in [0.1, 0.15) is 0 Å². The number of hydrogen-bond acceptors (Lipinski definition) is 3. The van der Waals surface area contributed by atoms with Gasteiger partial charge >= 0.3 is 0 Å². The van der Waals surface area contributed by atoms with Crippen LogP contribution in [0.3, 0.4) is 0 Å². The predicted octanol–water partition coefficient (Wildman–Crippen LogP) is 1.12. The van der Waals surface area contributed by atoms with E-state index in [0.29, 0.717) is 18.5 Å². The van der Waals surface area contributed by atoms with Gasteiger partial charge in [0.2, 0.25) is 5.91 Å². The van der Waals surface area contributed by atoms with Crippen molar-refractivity contribution in [3.63, 3.8) is 0 Å². The van der Waals surface area contributed by atoms with Gasteiger partial charge in [-0.05, 0) is 22.4 Å².